The number of benzene rings is 1. The van der Waals surface area contributed by atoms with Gasteiger partial charge in [-0.15, -0.1) is 0 Å². The largest absolute Gasteiger partial charge is 0.479 e. The number of aliphatic carboxylic acids is 1. The number of carboxylic acid groups (broad SMARTS) is 1. The number of rotatable bonds is 3. The van der Waals surface area contributed by atoms with Gasteiger partial charge in [-0.3, -0.25) is 0 Å². The lowest BCUT2D eigenvalue weighted by atomic mass is 10.1. The fraction of sp³-hybridized carbons (Fsp3) is 0.182. The third kappa shape index (κ3) is 1.77. The van der Waals surface area contributed by atoms with E-state index in [0.29, 0.717) is 16.5 Å². The number of nitrogens with one attached hydrogen (secondary N) is 1. The summed E-state index contributed by atoms with van der Waals surface area (Å²) in [6.07, 6.45) is 0.000803. The van der Waals surface area contributed by atoms with E-state index in [-0.39, 0.29) is 6.42 Å². The van der Waals surface area contributed by atoms with E-state index in [1.54, 1.807) is 12.1 Å². The molecule has 0 aliphatic carbocycles. The molecule has 84 valence electrons. The van der Waals surface area contributed by atoms with Crippen LogP contribution in [0.3, 0.4) is 0 Å². The van der Waals surface area contributed by atoms with Crippen LogP contribution in [-0.2, 0) is 11.2 Å². The molecule has 0 aliphatic rings. The van der Waals surface area contributed by atoms with Crippen molar-refractivity contribution >= 4 is 16.9 Å². The molecule has 0 aliphatic heterocycles. The molecule has 0 spiro atoms. The van der Waals surface area contributed by atoms with Crippen molar-refractivity contribution < 1.29 is 19.4 Å². The number of halogens is 1. The molecule has 3 N–H and O–H groups in total. The molecule has 2 aromatic rings. The average molecular weight is 223 g/mol. The molecule has 0 amide bonds. The van der Waals surface area contributed by atoms with Crippen molar-refractivity contribution in [1.82, 2.24) is 4.98 Å². The molecule has 2 rings (SSSR count). The Morgan fingerprint density at radius 3 is 2.94 bits per heavy atom. The minimum Gasteiger partial charge on any atom is -0.479 e. The van der Waals surface area contributed by atoms with Gasteiger partial charge in [0, 0.05) is 18.0 Å². The summed E-state index contributed by atoms with van der Waals surface area (Å²) < 4.78 is 13.3. The molecule has 5 heteroatoms. The Morgan fingerprint density at radius 2 is 2.25 bits per heavy atom. The van der Waals surface area contributed by atoms with Gasteiger partial charge in [-0.25, -0.2) is 9.18 Å². The maximum Gasteiger partial charge on any atom is 0.332 e. The second-order valence-electron chi connectivity index (χ2n) is 3.53. The number of aromatic amines is 1. The number of H-pyrrole nitrogens is 1. The first kappa shape index (κ1) is 10.6. The number of aliphatic hydroxyl groups excluding tert-OH is 1. The van der Waals surface area contributed by atoms with Gasteiger partial charge in [0.1, 0.15) is 5.82 Å². The normalized spacial score (nSPS) is 12.9. The topological polar surface area (TPSA) is 73.3 Å². The maximum atomic E-state index is 13.3. The van der Waals surface area contributed by atoms with Crippen LogP contribution in [-0.4, -0.2) is 27.3 Å². The molecule has 4 nitrogen and oxygen atoms in total. The zero-order chi connectivity index (χ0) is 11.7. The van der Waals surface area contributed by atoms with E-state index in [9.17, 15) is 14.3 Å². The van der Waals surface area contributed by atoms with Crippen LogP contribution in [0.2, 0.25) is 0 Å². The monoisotopic (exact) mass is 223 g/mol. The Kier molecular flexibility index (Phi) is 2.62. The summed E-state index contributed by atoms with van der Waals surface area (Å²) in [5.74, 6) is -1.68. The average Bonchev–Trinajstić information content (AvgIpc) is 2.63. The number of aromatic nitrogens is 1. The lowest BCUT2D eigenvalue weighted by Gasteiger charge is -2.03. The molecule has 0 unspecified atom stereocenters. The van der Waals surface area contributed by atoms with Gasteiger partial charge in [0.15, 0.2) is 6.10 Å². The molecule has 1 aromatic carbocycles. The third-order valence-corrected chi connectivity index (χ3v) is 2.45. The fourth-order valence-electron chi connectivity index (χ4n) is 1.64. The van der Waals surface area contributed by atoms with E-state index in [1.807, 2.05) is 0 Å². The molecular weight excluding hydrogens is 213 g/mol. The molecule has 0 fully saturated rings. The lowest BCUT2D eigenvalue weighted by molar-refractivity contribution is -0.146. The Bertz CT molecular complexity index is 535. The predicted octanol–water partition coefficient (Wildman–Crippen LogP) is 1.30. The van der Waals surface area contributed by atoms with Gasteiger partial charge in [-0.1, -0.05) is 12.1 Å². The van der Waals surface area contributed by atoms with Crippen LogP contribution >= 0.6 is 0 Å². The van der Waals surface area contributed by atoms with Gasteiger partial charge >= 0.3 is 5.97 Å². The van der Waals surface area contributed by atoms with Crippen molar-refractivity contribution in [3.8, 4) is 0 Å². The number of para-hydroxylation sites is 1. The van der Waals surface area contributed by atoms with Crippen LogP contribution in [0.5, 0.6) is 0 Å². The minimum atomic E-state index is -1.47. The zero-order valence-electron chi connectivity index (χ0n) is 8.27. The summed E-state index contributed by atoms with van der Waals surface area (Å²) in [6.45, 7) is 0. The van der Waals surface area contributed by atoms with Crippen molar-refractivity contribution in [2.75, 3.05) is 0 Å². The minimum absolute atomic E-state index is 0.0429. The summed E-state index contributed by atoms with van der Waals surface area (Å²) in [4.78, 5) is 13.2. The number of aliphatic hydroxyl groups is 1. The molecule has 1 aromatic heterocycles. The van der Waals surface area contributed by atoms with Crippen LogP contribution in [0.25, 0.3) is 10.9 Å². The van der Waals surface area contributed by atoms with Crippen LogP contribution in [0, 0.1) is 5.82 Å². The van der Waals surface area contributed by atoms with Gasteiger partial charge in [0.25, 0.3) is 0 Å². The second kappa shape index (κ2) is 3.94. The van der Waals surface area contributed by atoms with Gasteiger partial charge in [0.2, 0.25) is 0 Å². The van der Waals surface area contributed by atoms with Crippen molar-refractivity contribution in [1.29, 1.82) is 0 Å². The number of carboxylic acids is 1. The number of fused-ring (bicyclic) bond motifs is 1. The molecular formula is C11H10FNO3. The van der Waals surface area contributed by atoms with Crippen LogP contribution < -0.4 is 0 Å². The Labute approximate surface area is 90.3 Å². The summed E-state index contributed by atoms with van der Waals surface area (Å²) in [5.41, 5.74) is 0.916. The lowest BCUT2D eigenvalue weighted by Crippen LogP contribution is -2.21. The van der Waals surface area contributed by atoms with E-state index >= 15 is 0 Å². The fourth-order valence-corrected chi connectivity index (χ4v) is 1.64. The molecule has 1 heterocycles. The smallest absolute Gasteiger partial charge is 0.332 e. The first-order valence-corrected chi connectivity index (χ1v) is 4.75. The number of hydrogen-bond acceptors (Lipinski definition) is 2. The van der Waals surface area contributed by atoms with Gasteiger partial charge in [-0.2, -0.15) is 0 Å². The Morgan fingerprint density at radius 1 is 1.50 bits per heavy atom. The van der Waals surface area contributed by atoms with Crippen molar-refractivity contribution in [2.45, 2.75) is 12.5 Å². The van der Waals surface area contributed by atoms with Crippen molar-refractivity contribution in [3.05, 3.63) is 35.8 Å². The highest BCUT2D eigenvalue weighted by atomic mass is 19.1. The van der Waals surface area contributed by atoms with Gasteiger partial charge < -0.3 is 15.2 Å². The van der Waals surface area contributed by atoms with E-state index < -0.39 is 17.9 Å². The van der Waals surface area contributed by atoms with E-state index in [4.69, 9.17) is 5.11 Å². The molecule has 0 bridgehead atoms. The zero-order valence-corrected chi connectivity index (χ0v) is 8.27. The van der Waals surface area contributed by atoms with Gasteiger partial charge in [-0.05, 0) is 11.6 Å². The van der Waals surface area contributed by atoms with Gasteiger partial charge in [0.05, 0.1) is 5.52 Å². The van der Waals surface area contributed by atoms with Crippen LogP contribution in [0.15, 0.2) is 24.4 Å². The van der Waals surface area contributed by atoms with Crippen molar-refractivity contribution in [3.63, 3.8) is 0 Å². The summed E-state index contributed by atoms with van der Waals surface area (Å²) in [7, 11) is 0. The maximum absolute atomic E-state index is 13.3. The summed E-state index contributed by atoms with van der Waals surface area (Å²) in [6, 6.07) is 4.54. The molecule has 0 saturated carbocycles. The van der Waals surface area contributed by atoms with E-state index in [2.05, 4.69) is 4.98 Å². The van der Waals surface area contributed by atoms with E-state index in [0.717, 1.165) is 0 Å². The standard InChI is InChI=1S/C11H10FNO3/c12-8-3-1-2-7-6(5-13-10(7)8)4-9(14)11(15)16/h1-3,5,9,13-14H,4H2,(H,15,16)/t9-/m0/s1. The third-order valence-electron chi connectivity index (χ3n) is 2.45. The number of hydrogen-bond donors (Lipinski definition) is 3. The number of carbonyl (C=O) groups is 1. The van der Waals surface area contributed by atoms with Crippen molar-refractivity contribution in [2.24, 2.45) is 0 Å². The Hall–Kier alpha value is -1.88. The molecule has 1 atom stereocenters. The van der Waals surface area contributed by atoms with Crippen LogP contribution in [0.1, 0.15) is 5.56 Å². The Balaban J connectivity index is 2.39. The quantitative estimate of drug-likeness (QED) is 0.734. The highest BCUT2D eigenvalue weighted by molar-refractivity contribution is 5.84. The molecule has 0 saturated heterocycles. The predicted molar refractivity (Wildman–Crippen MR) is 55.6 cm³/mol. The highest BCUT2D eigenvalue weighted by Crippen LogP contribution is 2.21. The van der Waals surface area contributed by atoms with Crippen LogP contribution in [0.4, 0.5) is 4.39 Å². The highest BCUT2D eigenvalue weighted by Gasteiger charge is 2.16. The van der Waals surface area contributed by atoms with E-state index in [1.165, 1.54) is 12.3 Å². The summed E-state index contributed by atoms with van der Waals surface area (Å²) >= 11 is 0. The molecule has 16 heavy (non-hydrogen) atoms. The first-order valence-electron chi connectivity index (χ1n) is 4.75. The molecule has 0 radical (unpaired) electrons. The second-order valence-corrected chi connectivity index (χ2v) is 3.53. The SMILES string of the molecule is O=C(O)[C@@H](O)Cc1c[nH]c2c(F)cccc12. The first-order chi connectivity index (χ1) is 7.59. The summed E-state index contributed by atoms with van der Waals surface area (Å²) in [5, 5.41) is 18.4.